The molecule has 1 aliphatic rings. The number of anilines is 2. The third-order valence-electron chi connectivity index (χ3n) is 5.25. The molecule has 3 aromatic rings. The molecule has 1 N–H and O–H groups in total. The summed E-state index contributed by atoms with van der Waals surface area (Å²) >= 11 is 18.7. The van der Waals surface area contributed by atoms with Crippen LogP contribution in [0.25, 0.3) is 6.08 Å². The summed E-state index contributed by atoms with van der Waals surface area (Å²) in [5.41, 5.74) is 4.15. The molecule has 1 aliphatic heterocycles. The van der Waals surface area contributed by atoms with E-state index >= 15 is 0 Å². The summed E-state index contributed by atoms with van der Waals surface area (Å²) in [4.78, 5) is 27.2. The Labute approximate surface area is 223 Å². The van der Waals surface area contributed by atoms with E-state index in [1.54, 1.807) is 36.4 Å². The fourth-order valence-corrected chi connectivity index (χ4v) is 5.05. The van der Waals surface area contributed by atoms with Crippen LogP contribution in [-0.4, -0.2) is 22.7 Å². The Hall–Kier alpha value is -2.84. The summed E-state index contributed by atoms with van der Waals surface area (Å²) in [6.45, 7) is 3.77. The Morgan fingerprint density at radius 1 is 1.06 bits per heavy atom. The minimum atomic E-state index is -0.238. The van der Waals surface area contributed by atoms with Gasteiger partial charge in [0.05, 0.1) is 20.6 Å². The van der Waals surface area contributed by atoms with Gasteiger partial charge in [-0.3, -0.25) is 14.5 Å². The van der Waals surface area contributed by atoms with Crippen LogP contribution in [0.3, 0.4) is 0 Å². The van der Waals surface area contributed by atoms with Gasteiger partial charge in [0.1, 0.15) is 5.75 Å². The van der Waals surface area contributed by atoms with Crippen molar-refractivity contribution in [3.8, 4) is 5.75 Å². The molecule has 4 rings (SSSR count). The van der Waals surface area contributed by atoms with E-state index in [9.17, 15) is 9.59 Å². The van der Waals surface area contributed by atoms with E-state index in [-0.39, 0.29) is 18.4 Å². The molecule has 5 nitrogen and oxygen atoms in total. The first-order valence-electron chi connectivity index (χ1n) is 10.5. The maximum absolute atomic E-state index is 13.0. The van der Waals surface area contributed by atoms with Gasteiger partial charge in [-0.05, 0) is 66.9 Å². The van der Waals surface area contributed by atoms with Crippen molar-refractivity contribution in [3.05, 3.63) is 92.3 Å². The van der Waals surface area contributed by atoms with Gasteiger partial charge < -0.3 is 10.1 Å². The highest BCUT2D eigenvalue weighted by atomic mass is 35.5. The molecule has 1 saturated heterocycles. The lowest BCUT2D eigenvalue weighted by Gasteiger charge is -2.15. The number of carbonyl (C=O) groups excluding carboxylic acids is 2. The Morgan fingerprint density at radius 3 is 2.40 bits per heavy atom. The molecular formula is C26H20Cl2N2O3S2. The molecule has 9 heteroatoms. The average molecular weight is 543 g/mol. The van der Waals surface area contributed by atoms with Gasteiger partial charge in [-0.25, -0.2) is 0 Å². The van der Waals surface area contributed by atoms with Crippen molar-refractivity contribution in [1.82, 2.24) is 0 Å². The van der Waals surface area contributed by atoms with Gasteiger partial charge in [0.2, 0.25) is 0 Å². The molecule has 178 valence electrons. The molecule has 0 aromatic heterocycles. The van der Waals surface area contributed by atoms with Crippen molar-refractivity contribution >= 4 is 80.8 Å². The standard InChI is InChI=1S/C26H20Cl2N2O3S2/c1-15-4-3-5-16(2)24(15)29-23(31)14-33-19-9-6-17(7-10-19)12-22-25(32)30(26(34)35-22)18-8-11-20(27)21(28)13-18/h3-13H,14H2,1-2H3,(H,29,31)/b22-12-. The van der Waals surface area contributed by atoms with Crippen LogP contribution in [0, 0.1) is 13.8 Å². The van der Waals surface area contributed by atoms with E-state index in [4.69, 9.17) is 40.2 Å². The zero-order valence-corrected chi connectivity index (χ0v) is 21.9. The number of hydrogen-bond acceptors (Lipinski definition) is 5. The highest BCUT2D eigenvalue weighted by molar-refractivity contribution is 8.27. The number of halogens is 2. The first-order chi connectivity index (χ1) is 16.7. The van der Waals surface area contributed by atoms with Crippen molar-refractivity contribution in [2.45, 2.75) is 13.8 Å². The summed E-state index contributed by atoms with van der Waals surface area (Å²) in [5.74, 6) is 0.0708. The Bertz CT molecular complexity index is 1340. The highest BCUT2D eigenvalue weighted by Gasteiger charge is 2.33. The van der Waals surface area contributed by atoms with Crippen LogP contribution in [0.2, 0.25) is 10.0 Å². The van der Waals surface area contributed by atoms with Crippen molar-refractivity contribution in [3.63, 3.8) is 0 Å². The lowest BCUT2D eigenvalue weighted by atomic mass is 10.1. The van der Waals surface area contributed by atoms with Gasteiger partial charge in [0.25, 0.3) is 11.8 Å². The van der Waals surface area contributed by atoms with E-state index in [0.717, 1.165) is 22.4 Å². The number of rotatable bonds is 6. The fourth-order valence-electron chi connectivity index (χ4n) is 3.46. The Balaban J connectivity index is 1.39. The van der Waals surface area contributed by atoms with Gasteiger partial charge >= 0.3 is 0 Å². The van der Waals surface area contributed by atoms with Crippen LogP contribution in [0.15, 0.2) is 65.6 Å². The van der Waals surface area contributed by atoms with Crippen LogP contribution < -0.4 is 15.0 Å². The molecule has 0 aliphatic carbocycles. The third kappa shape index (κ3) is 5.87. The van der Waals surface area contributed by atoms with Crippen molar-refractivity contribution < 1.29 is 14.3 Å². The molecular weight excluding hydrogens is 523 g/mol. The molecule has 0 unspecified atom stereocenters. The number of thioether (sulfide) groups is 1. The molecule has 0 radical (unpaired) electrons. The molecule has 1 heterocycles. The number of nitrogens with zero attached hydrogens (tertiary/aromatic N) is 1. The van der Waals surface area contributed by atoms with E-state index in [2.05, 4.69) is 5.32 Å². The second-order valence-corrected chi connectivity index (χ2v) is 10.3. The normalized spacial score (nSPS) is 14.5. The lowest BCUT2D eigenvalue weighted by Crippen LogP contribution is -2.27. The number of thiocarbonyl (C=S) groups is 1. The zero-order valence-electron chi connectivity index (χ0n) is 18.8. The van der Waals surface area contributed by atoms with Gasteiger partial charge in [-0.1, -0.05) is 77.5 Å². The number of nitrogens with one attached hydrogen (secondary N) is 1. The second kappa shape index (κ2) is 10.8. The first kappa shape index (κ1) is 25.3. The first-order valence-corrected chi connectivity index (χ1v) is 12.5. The zero-order chi connectivity index (χ0) is 25.1. The SMILES string of the molecule is Cc1cccc(C)c1NC(=O)COc1ccc(/C=C2\SC(=S)N(c3ccc(Cl)c(Cl)c3)C2=O)cc1. The number of carbonyl (C=O) groups is 2. The largest absolute Gasteiger partial charge is 0.484 e. The second-order valence-electron chi connectivity index (χ2n) is 7.79. The third-order valence-corrected chi connectivity index (χ3v) is 7.29. The van der Waals surface area contributed by atoms with Crippen LogP contribution in [0.1, 0.15) is 16.7 Å². The molecule has 0 bridgehead atoms. The van der Waals surface area contributed by atoms with Gasteiger partial charge in [0, 0.05) is 5.69 Å². The summed E-state index contributed by atoms with van der Waals surface area (Å²) in [5, 5.41) is 3.65. The molecule has 0 atom stereocenters. The number of ether oxygens (including phenoxy) is 1. The maximum atomic E-state index is 13.0. The maximum Gasteiger partial charge on any atom is 0.270 e. The summed E-state index contributed by atoms with van der Waals surface area (Å²) in [6, 6.07) is 17.9. The Morgan fingerprint density at radius 2 is 1.74 bits per heavy atom. The van der Waals surface area contributed by atoms with Crippen molar-refractivity contribution in [2.24, 2.45) is 0 Å². The van der Waals surface area contributed by atoms with Gasteiger partial charge in [-0.2, -0.15) is 0 Å². The summed E-state index contributed by atoms with van der Waals surface area (Å²) < 4.78 is 6.03. The summed E-state index contributed by atoms with van der Waals surface area (Å²) in [7, 11) is 0. The number of benzene rings is 3. The highest BCUT2D eigenvalue weighted by Crippen LogP contribution is 2.38. The number of para-hydroxylation sites is 1. The fraction of sp³-hybridized carbons (Fsp3) is 0.115. The molecule has 0 saturated carbocycles. The minimum Gasteiger partial charge on any atom is -0.484 e. The molecule has 0 spiro atoms. The van der Waals surface area contributed by atoms with Crippen LogP contribution in [0.5, 0.6) is 5.75 Å². The molecule has 1 fully saturated rings. The lowest BCUT2D eigenvalue weighted by molar-refractivity contribution is -0.118. The minimum absolute atomic E-state index is 0.116. The number of amides is 2. The van der Waals surface area contributed by atoms with Gasteiger partial charge in [0.15, 0.2) is 10.9 Å². The predicted molar refractivity (Wildman–Crippen MR) is 149 cm³/mol. The topological polar surface area (TPSA) is 58.6 Å². The quantitative estimate of drug-likeness (QED) is 0.267. The monoisotopic (exact) mass is 542 g/mol. The van der Waals surface area contributed by atoms with Crippen molar-refractivity contribution in [1.29, 1.82) is 0 Å². The van der Waals surface area contributed by atoms with E-state index in [0.29, 0.717) is 30.7 Å². The summed E-state index contributed by atoms with van der Waals surface area (Å²) in [6.07, 6.45) is 1.76. The molecule has 35 heavy (non-hydrogen) atoms. The van der Waals surface area contributed by atoms with Crippen LogP contribution in [0.4, 0.5) is 11.4 Å². The average Bonchev–Trinajstić information content (AvgIpc) is 3.10. The van der Waals surface area contributed by atoms with Crippen LogP contribution in [-0.2, 0) is 9.59 Å². The van der Waals surface area contributed by atoms with Crippen molar-refractivity contribution in [2.75, 3.05) is 16.8 Å². The predicted octanol–water partition coefficient (Wildman–Crippen LogP) is 7.03. The van der Waals surface area contributed by atoms with E-state index in [1.807, 2.05) is 44.2 Å². The number of aryl methyl sites for hydroxylation is 2. The Kier molecular flexibility index (Phi) is 7.82. The van der Waals surface area contributed by atoms with E-state index in [1.165, 1.54) is 16.7 Å². The van der Waals surface area contributed by atoms with Crippen LogP contribution >= 0.6 is 47.2 Å². The smallest absolute Gasteiger partial charge is 0.270 e. The van der Waals surface area contributed by atoms with E-state index < -0.39 is 0 Å². The molecule has 3 aromatic carbocycles. The molecule has 2 amide bonds. The van der Waals surface area contributed by atoms with Gasteiger partial charge in [-0.15, -0.1) is 0 Å². The number of hydrogen-bond donors (Lipinski definition) is 1.